The molecule has 2 fully saturated rings. The molecular weight excluding hydrogens is 461 g/mol. The van der Waals surface area contributed by atoms with Gasteiger partial charge in [-0.1, -0.05) is 0 Å². The molecule has 0 spiro atoms. The average molecular weight is 493 g/mol. The predicted octanol–water partition coefficient (Wildman–Crippen LogP) is 5.04. The Kier molecular flexibility index (Phi) is 8.19. The molecule has 0 amide bonds. The number of rotatable bonds is 6. The Morgan fingerprint density at radius 1 is 1.12 bits per heavy atom. The number of piperidine rings is 1. The van der Waals surface area contributed by atoms with Crippen LogP contribution in [0.2, 0.25) is 0 Å². The van der Waals surface area contributed by atoms with Crippen LogP contribution in [0.3, 0.4) is 0 Å². The van der Waals surface area contributed by atoms with Gasteiger partial charge in [0.25, 0.3) is 0 Å². The quantitative estimate of drug-likeness (QED) is 0.529. The van der Waals surface area contributed by atoms with Crippen LogP contribution in [0.4, 0.5) is 13.2 Å². The molecule has 0 N–H and O–H groups in total. The predicted molar refractivity (Wildman–Crippen MR) is 121 cm³/mol. The van der Waals surface area contributed by atoms with E-state index in [2.05, 4.69) is 11.8 Å². The van der Waals surface area contributed by atoms with Crippen LogP contribution in [-0.2, 0) is 15.7 Å². The highest BCUT2D eigenvalue weighted by Crippen LogP contribution is 2.38. The van der Waals surface area contributed by atoms with Crippen molar-refractivity contribution in [1.82, 2.24) is 9.47 Å². The monoisotopic (exact) mass is 492 g/mol. The van der Waals surface area contributed by atoms with E-state index in [1.54, 1.807) is 7.11 Å². The molecule has 4 rings (SSSR count). The van der Waals surface area contributed by atoms with Gasteiger partial charge in [0.1, 0.15) is 0 Å². The fourth-order valence-corrected chi connectivity index (χ4v) is 5.21. The zero-order chi connectivity index (χ0) is 22.9. The Labute approximate surface area is 197 Å². The minimum Gasteiger partial charge on any atom is -0.408 e. The molecule has 2 aromatic rings. The molecule has 0 atom stereocenters. The van der Waals surface area contributed by atoms with Crippen LogP contribution in [0.5, 0.6) is 0 Å². The third-order valence-corrected chi connectivity index (χ3v) is 7.18. The first-order chi connectivity index (χ1) is 15.2. The van der Waals surface area contributed by atoms with Crippen molar-refractivity contribution in [3.05, 3.63) is 34.3 Å². The largest absolute Gasteiger partial charge is 0.420 e. The Bertz CT molecular complexity index is 974. The number of hydrogen-bond donors (Lipinski definition) is 0. The van der Waals surface area contributed by atoms with Gasteiger partial charge in [-0.15, -0.1) is 12.4 Å². The van der Waals surface area contributed by atoms with Crippen molar-refractivity contribution in [2.75, 3.05) is 33.4 Å². The molecule has 1 aromatic heterocycles. The minimum atomic E-state index is -4.46. The van der Waals surface area contributed by atoms with E-state index in [-0.39, 0.29) is 41.2 Å². The summed E-state index contributed by atoms with van der Waals surface area (Å²) in [4.78, 5) is 14.9. The summed E-state index contributed by atoms with van der Waals surface area (Å²) in [7, 11) is 1.67. The normalized spacial score (nSPS) is 25.3. The van der Waals surface area contributed by atoms with Crippen molar-refractivity contribution in [3.8, 4) is 0 Å². The van der Waals surface area contributed by atoms with Crippen molar-refractivity contribution < 1.29 is 27.1 Å². The topological polar surface area (TPSA) is 56.8 Å². The number of methoxy groups -OCH3 is 1. The van der Waals surface area contributed by atoms with Crippen molar-refractivity contribution in [1.29, 1.82) is 0 Å². The molecule has 1 saturated carbocycles. The smallest absolute Gasteiger partial charge is 0.408 e. The second-order valence-electron chi connectivity index (χ2n) is 9.20. The third-order valence-electron chi connectivity index (χ3n) is 7.18. The van der Waals surface area contributed by atoms with Crippen molar-refractivity contribution in [2.24, 2.45) is 0 Å². The summed E-state index contributed by atoms with van der Waals surface area (Å²) in [6, 6.07) is 3.05. The van der Waals surface area contributed by atoms with Gasteiger partial charge in [0, 0.05) is 31.8 Å². The van der Waals surface area contributed by atoms with Crippen molar-refractivity contribution in [2.45, 2.75) is 69.3 Å². The summed E-state index contributed by atoms with van der Waals surface area (Å²) in [5.74, 6) is -0.585. The van der Waals surface area contributed by atoms with E-state index in [9.17, 15) is 18.0 Å². The molecule has 1 aliphatic heterocycles. The van der Waals surface area contributed by atoms with Crippen LogP contribution < -0.4 is 5.76 Å². The molecule has 2 aliphatic rings. The number of aromatic nitrogens is 1. The molecular formula is C23H32ClF3N2O4. The zero-order valence-corrected chi connectivity index (χ0v) is 19.8. The second-order valence-corrected chi connectivity index (χ2v) is 9.20. The van der Waals surface area contributed by atoms with E-state index < -0.39 is 17.5 Å². The van der Waals surface area contributed by atoms with Crippen LogP contribution in [0, 0.1) is 0 Å². The van der Waals surface area contributed by atoms with Gasteiger partial charge in [-0.05, 0) is 63.6 Å². The zero-order valence-electron chi connectivity index (χ0n) is 19.0. The third kappa shape index (κ3) is 5.58. The van der Waals surface area contributed by atoms with Gasteiger partial charge in [0.2, 0.25) is 0 Å². The molecule has 0 radical (unpaired) electrons. The van der Waals surface area contributed by atoms with Gasteiger partial charge in [0.15, 0.2) is 5.58 Å². The number of halogens is 4. The SMILES string of the molecule is COCCOC1CCC(C)(N2CCC(n3c(=O)oc4ccc(C(F)(F)F)cc43)CC2)CC1.Cl. The molecule has 2 heterocycles. The summed E-state index contributed by atoms with van der Waals surface area (Å²) >= 11 is 0. The van der Waals surface area contributed by atoms with Crippen LogP contribution in [0.25, 0.3) is 11.1 Å². The number of benzene rings is 1. The van der Waals surface area contributed by atoms with Crippen LogP contribution >= 0.6 is 12.4 Å². The lowest BCUT2D eigenvalue weighted by Gasteiger charge is -2.48. The van der Waals surface area contributed by atoms with Crippen LogP contribution in [-0.4, -0.2) is 54.5 Å². The van der Waals surface area contributed by atoms with Gasteiger partial charge < -0.3 is 13.9 Å². The van der Waals surface area contributed by atoms with E-state index in [0.29, 0.717) is 26.1 Å². The van der Waals surface area contributed by atoms with Crippen LogP contribution in [0.15, 0.2) is 27.4 Å². The van der Waals surface area contributed by atoms with Gasteiger partial charge in [0.05, 0.1) is 30.4 Å². The molecule has 10 heteroatoms. The highest BCUT2D eigenvalue weighted by Gasteiger charge is 2.39. The summed E-state index contributed by atoms with van der Waals surface area (Å²) in [6.45, 7) is 5.11. The lowest BCUT2D eigenvalue weighted by Crippen LogP contribution is -2.53. The van der Waals surface area contributed by atoms with E-state index in [1.807, 2.05) is 0 Å². The first-order valence-corrected chi connectivity index (χ1v) is 11.3. The Balaban J connectivity index is 0.00000306. The highest BCUT2D eigenvalue weighted by atomic mass is 35.5. The molecule has 6 nitrogen and oxygen atoms in total. The number of nitrogens with zero attached hydrogens (tertiary/aromatic N) is 2. The molecule has 1 aliphatic carbocycles. The van der Waals surface area contributed by atoms with E-state index >= 15 is 0 Å². The second kappa shape index (κ2) is 10.4. The summed E-state index contributed by atoms with van der Waals surface area (Å²) in [5.41, 5.74) is -0.264. The Morgan fingerprint density at radius 3 is 2.39 bits per heavy atom. The fourth-order valence-electron chi connectivity index (χ4n) is 5.21. The Hall–Kier alpha value is -1.55. The van der Waals surface area contributed by atoms with Gasteiger partial charge in [-0.3, -0.25) is 9.47 Å². The lowest BCUT2D eigenvalue weighted by molar-refractivity contribution is -0.137. The number of fused-ring (bicyclic) bond motifs is 1. The van der Waals surface area contributed by atoms with Gasteiger partial charge >= 0.3 is 11.9 Å². The molecule has 33 heavy (non-hydrogen) atoms. The standard InChI is InChI=1S/C23H31F3N2O4.ClH/c1-22(9-5-18(6-10-22)31-14-13-30-2)27-11-7-17(8-12-27)28-19-15-16(23(24,25)26)3-4-20(19)32-21(28)29;/h3-4,15,17-18H,5-14H2,1-2H3;1H. The van der Waals surface area contributed by atoms with E-state index in [4.69, 9.17) is 13.9 Å². The number of hydrogen-bond acceptors (Lipinski definition) is 5. The fraction of sp³-hybridized carbons (Fsp3) is 0.696. The number of alkyl halides is 3. The highest BCUT2D eigenvalue weighted by molar-refractivity contribution is 5.85. The van der Waals surface area contributed by atoms with Crippen molar-refractivity contribution in [3.63, 3.8) is 0 Å². The number of oxazole rings is 1. The average Bonchev–Trinajstić information content (AvgIpc) is 3.10. The van der Waals surface area contributed by atoms with Crippen LogP contribution in [0.1, 0.15) is 57.1 Å². The molecule has 0 bridgehead atoms. The first kappa shape index (κ1) is 26.1. The maximum absolute atomic E-state index is 13.2. The van der Waals surface area contributed by atoms with Gasteiger partial charge in [-0.25, -0.2) is 4.79 Å². The maximum Gasteiger partial charge on any atom is 0.420 e. The first-order valence-electron chi connectivity index (χ1n) is 11.3. The van der Waals surface area contributed by atoms with Gasteiger partial charge in [-0.2, -0.15) is 13.2 Å². The summed E-state index contributed by atoms with van der Waals surface area (Å²) in [5, 5.41) is 0. The molecule has 0 unspecified atom stereocenters. The lowest BCUT2D eigenvalue weighted by atomic mass is 9.79. The Morgan fingerprint density at radius 2 is 1.79 bits per heavy atom. The van der Waals surface area contributed by atoms with Crippen molar-refractivity contribution >= 4 is 23.5 Å². The van der Waals surface area contributed by atoms with E-state index in [1.165, 1.54) is 10.6 Å². The van der Waals surface area contributed by atoms with E-state index in [0.717, 1.165) is 50.9 Å². The molecule has 1 aromatic carbocycles. The number of ether oxygens (including phenoxy) is 2. The molecule has 186 valence electrons. The summed E-state index contributed by atoms with van der Waals surface area (Å²) in [6.07, 6.45) is 1.31. The maximum atomic E-state index is 13.2. The number of likely N-dealkylation sites (tertiary alicyclic amines) is 1. The summed E-state index contributed by atoms with van der Waals surface area (Å²) < 4.78 is 57.1. The molecule has 1 saturated heterocycles. The minimum absolute atomic E-state index is 0.